The van der Waals surface area contributed by atoms with E-state index in [4.69, 9.17) is 14.6 Å². The molecule has 1 heterocycles. The van der Waals surface area contributed by atoms with Gasteiger partial charge in [0.25, 0.3) is 0 Å². The van der Waals surface area contributed by atoms with Gasteiger partial charge < -0.3 is 14.6 Å². The number of aliphatic carboxylic acids is 1. The summed E-state index contributed by atoms with van der Waals surface area (Å²) >= 11 is 0. The molecular formula is C10H19NO6S. The normalized spacial score (nSPS) is 24.6. The van der Waals surface area contributed by atoms with Crippen LogP contribution in [-0.2, 0) is 24.3 Å². The van der Waals surface area contributed by atoms with Crippen LogP contribution in [0, 0.1) is 5.92 Å². The molecule has 0 bridgehead atoms. The lowest BCUT2D eigenvalue weighted by Gasteiger charge is -2.25. The Kier molecular flexibility index (Phi) is 5.51. The second-order valence-corrected chi connectivity index (χ2v) is 6.23. The molecule has 0 aromatic rings. The van der Waals surface area contributed by atoms with Gasteiger partial charge in [-0.25, -0.2) is 8.42 Å². The summed E-state index contributed by atoms with van der Waals surface area (Å²) < 4.78 is 35.1. The van der Waals surface area contributed by atoms with E-state index in [0.29, 0.717) is 6.61 Å². The monoisotopic (exact) mass is 281 g/mol. The van der Waals surface area contributed by atoms with Crippen LogP contribution < -0.4 is 0 Å². The molecule has 1 saturated heterocycles. The van der Waals surface area contributed by atoms with Gasteiger partial charge in [-0.15, -0.1) is 0 Å². The highest BCUT2D eigenvalue weighted by atomic mass is 32.2. The molecule has 0 aromatic carbocycles. The fraction of sp³-hybridized carbons (Fsp3) is 0.900. The largest absolute Gasteiger partial charge is 0.481 e. The van der Waals surface area contributed by atoms with Gasteiger partial charge in [-0.2, -0.15) is 4.31 Å². The van der Waals surface area contributed by atoms with Crippen molar-refractivity contribution in [3.8, 4) is 0 Å². The van der Waals surface area contributed by atoms with E-state index in [1.165, 1.54) is 7.05 Å². The summed E-state index contributed by atoms with van der Waals surface area (Å²) in [5.74, 6) is -2.00. The minimum absolute atomic E-state index is 0.0469. The first-order chi connectivity index (χ1) is 8.40. The molecule has 0 radical (unpaired) electrons. The van der Waals surface area contributed by atoms with E-state index >= 15 is 0 Å². The summed E-state index contributed by atoms with van der Waals surface area (Å²) in [4.78, 5) is 11.0. The number of likely N-dealkylation sites (N-methyl/N-ethyl adjacent to an activating group) is 1. The fourth-order valence-electron chi connectivity index (χ4n) is 1.80. The zero-order chi connectivity index (χ0) is 13.8. The van der Waals surface area contributed by atoms with E-state index in [2.05, 4.69) is 0 Å². The molecule has 1 N–H and O–H groups in total. The molecule has 1 aliphatic heterocycles. The van der Waals surface area contributed by atoms with Crippen LogP contribution in [0.1, 0.15) is 6.92 Å². The maximum atomic E-state index is 12.0. The van der Waals surface area contributed by atoms with Crippen molar-refractivity contribution in [3.05, 3.63) is 0 Å². The molecule has 7 nitrogen and oxygen atoms in total. The van der Waals surface area contributed by atoms with Gasteiger partial charge in [0.05, 0.1) is 37.5 Å². The molecule has 0 spiro atoms. The summed E-state index contributed by atoms with van der Waals surface area (Å²) in [6.07, 6.45) is 0. The zero-order valence-electron chi connectivity index (χ0n) is 10.5. The van der Waals surface area contributed by atoms with Gasteiger partial charge >= 0.3 is 5.97 Å². The van der Waals surface area contributed by atoms with E-state index in [1.54, 1.807) is 6.92 Å². The van der Waals surface area contributed by atoms with Gasteiger partial charge in [0.2, 0.25) is 10.0 Å². The molecule has 2 unspecified atom stereocenters. The molecule has 1 rings (SSSR count). The van der Waals surface area contributed by atoms with Crippen molar-refractivity contribution in [1.29, 1.82) is 0 Å². The van der Waals surface area contributed by atoms with Gasteiger partial charge in [-0.3, -0.25) is 4.79 Å². The van der Waals surface area contributed by atoms with E-state index in [1.807, 2.05) is 0 Å². The number of carbonyl (C=O) groups is 1. The second-order valence-electron chi connectivity index (χ2n) is 4.08. The maximum absolute atomic E-state index is 12.0. The number of hydrogen-bond acceptors (Lipinski definition) is 5. The quantitative estimate of drug-likeness (QED) is 0.625. The van der Waals surface area contributed by atoms with Crippen molar-refractivity contribution in [1.82, 2.24) is 4.31 Å². The molecule has 8 heteroatoms. The first-order valence-electron chi connectivity index (χ1n) is 5.74. The Morgan fingerprint density at radius 2 is 2.17 bits per heavy atom. The van der Waals surface area contributed by atoms with E-state index < -0.39 is 28.0 Å². The van der Waals surface area contributed by atoms with Crippen LogP contribution in [-0.4, -0.2) is 69.1 Å². The predicted octanol–water partition coefficient (Wildman–Crippen LogP) is -0.616. The van der Waals surface area contributed by atoms with Crippen molar-refractivity contribution < 1.29 is 27.8 Å². The van der Waals surface area contributed by atoms with Crippen molar-refractivity contribution in [2.75, 3.05) is 39.2 Å². The summed E-state index contributed by atoms with van der Waals surface area (Å²) in [7, 11) is -2.13. The smallest absolute Gasteiger partial charge is 0.310 e. The highest BCUT2D eigenvalue weighted by Gasteiger charge is 2.40. The topological polar surface area (TPSA) is 93.1 Å². The van der Waals surface area contributed by atoms with Crippen LogP contribution in [0.4, 0.5) is 0 Å². The predicted molar refractivity (Wildman–Crippen MR) is 63.8 cm³/mol. The fourth-order valence-corrected chi connectivity index (χ4v) is 3.03. The van der Waals surface area contributed by atoms with Crippen LogP contribution in [0.2, 0.25) is 0 Å². The lowest BCUT2D eigenvalue weighted by Crippen LogP contribution is -2.45. The molecule has 0 amide bonds. The number of hydrogen-bond donors (Lipinski definition) is 1. The number of rotatable bonds is 7. The number of nitrogens with zero attached hydrogens (tertiary/aromatic N) is 1. The second kappa shape index (κ2) is 6.46. The number of ether oxygens (including phenoxy) is 2. The van der Waals surface area contributed by atoms with Crippen molar-refractivity contribution >= 4 is 16.0 Å². The average Bonchev–Trinajstić information content (AvgIpc) is 2.76. The van der Waals surface area contributed by atoms with Gasteiger partial charge in [0.15, 0.2) is 0 Å². The molecule has 0 aliphatic carbocycles. The zero-order valence-corrected chi connectivity index (χ0v) is 11.4. The molecule has 2 atom stereocenters. The molecule has 106 valence electrons. The lowest BCUT2D eigenvalue weighted by molar-refractivity contribution is -0.142. The van der Waals surface area contributed by atoms with Gasteiger partial charge in [0.1, 0.15) is 0 Å². The highest BCUT2D eigenvalue weighted by Crippen LogP contribution is 2.21. The summed E-state index contributed by atoms with van der Waals surface area (Å²) in [5, 5.41) is 8.99. The first-order valence-corrected chi connectivity index (χ1v) is 7.35. The molecule has 0 saturated carbocycles. The van der Waals surface area contributed by atoms with Crippen LogP contribution in [0.3, 0.4) is 0 Å². The highest BCUT2D eigenvalue weighted by molar-refractivity contribution is 7.89. The van der Waals surface area contributed by atoms with Crippen molar-refractivity contribution in [3.63, 3.8) is 0 Å². The number of carboxylic acid groups (broad SMARTS) is 1. The third-order valence-electron chi connectivity index (χ3n) is 2.96. The molecular weight excluding hydrogens is 262 g/mol. The maximum Gasteiger partial charge on any atom is 0.310 e. The number of carboxylic acids is 1. The molecule has 0 aromatic heterocycles. The van der Waals surface area contributed by atoms with Gasteiger partial charge in [0, 0.05) is 13.7 Å². The van der Waals surface area contributed by atoms with Crippen LogP contribution >= 0.6 is 0 Å². The SMILES string of the molecule is CCOCCS(=O)(=O)N(C)C1COCC1C(=O)O. The lowest BCUT2D eigenvalue weighted by atomic mass is 10.1. The standard InChI is InChI=1S/C10H19NO6S/c1-3-16-4-5-18(14,15)11(2)9-7-17-6-8(9)10(12)13/h8-9H,3-7H2,1-2H3,(H,12,13). The minimum atomic E-state index is -3.52. The Balaban J connectivity index is 2.67. The summed E-state index contributed by atoms with van der Waals surface area (Å²) in [5.41, 5.74) is 0. The molecule has 1 aliphatic rings. The number of sulfonamides is 1. The van der Waals surface area contributed by atoms with Gasteiger partial charge in [-0.1, -0.05) is 0 Å². The molecule has 1 fully saturated rings. The van der Waals surface area contributed by atoms with Crippen LogP contribution in [0.25, 0.3) is 0 Å². The van der Waals surface area contributed by atoms with E-state index in [9.17, 15) is 13.2 Å². The van der Waals surface area contributed by atoms with E-state index in [-0.39, 0.29) is 25.6 Å². The first kappa shape index (κ1) is 15.4. The third-order valence-corrected chi connectivity index (χ3v) is 4.79. The Labute approximate surface area is 107 Å². The van der Waals surface area contributed by atoms with Crippen LogP contribution in [0.5, 0.6) is 0 Å². The Morgan fingerprint density at radius 1 is 1.50 bits per heavy atom. The van der Waals surface area contributed by atoms with Crippen molar-refractivity contribution in [2.45, 2.75) is 13.0 Å². The van der Waals surface area contributed by atoms with Crippen LogP contribution in [0.15, 0.2) is 0 Å². The van der Waals surface area contributed by atoms with E-state index in [0.717, 1.165) is 4.31 Å². The Bertz CT molecular complexity index is 382. The molecule has 18 heavy (non-hydrogen) atoms. The third kappa shape index (κ3) is 3.64. The Hall–Kier alpha value is -0.700. The summed E-state index contributed by atoms with van der Waals surface area (Å²) in [6.45, 7) is 2.49. The average molecular weight is 281 g/mol. The summed E-state index contributed by atoms with van der Waals surface area (Å²) in [6, 6.07) is -0.644. The minimum Gasteiger partial charge on any atom is -0.481 e. The van der Waals surface area contributed by atoms with Gasteiger partial charge in [-0.05, 0) is 6.92 Å². The van der Waals surface area contributed by atoms with Crippen molar-refractivity contribution in [2.24, 2.45) is 5.92 Å². The Morgan fingerprint density at radius 3 is 2.72 bits per heavy atom.